The molecule has 116 valence electrons. The fraction of sp³-hybridized carbons (Fsp3) is 0.769. The molecule has 1 aromatic heterocycles. The predicted molar refractivity (Wildman–Crippen MR) is 80.0 cm³/mol. The summed E-state index contributed by atoms with van der Waals surface area (Å²) in [5, 5.41) is 10.1. The van der Waals surface area contributed by atoms with Gasteiger partial charge in [-0.3, -0.25) is 5.10 Å². The van der Waals surface area contributed by atoms with Crippen LogP contribution in [0.4, 0.5) is 0 Å². The van der Waals surface area contributed by atoms with E-state index >= 15 is 0 Å². The maximum absolute atomic E-state index is 12.7. The first-order valence-corrected chi connectivity index (χ1v) is 8.40. The number of nitrogens with one attached hydrogen (secondary N) is 2. The van der Waals surface area contributed by atoms with Crippen molar-refractivity contribution in [2.24, 2.45) is 5.92 Å². The normalized spacial score (nSPS) is 14.2. The summed E-state index contributed by atoms with van der Waals surface area (Å²) in [6.07, 6.45) is 0. The van der Waals surface area contributed by atoms with Crippen molar-refractivity contribution in [3.8, 4) is 0 Å². The van der Waals surface area contributed by atoms with E-state index in [4.69, 9.17) is 0 Å². The Kier molecular flexibility index (Phi) is 5.73. The van der Waals surface area contributed by atoms with E-state index in [-0.39, 0.29) is 17.0 Å². The van der Waals surface area contributed by atoms with Gasteiger partial charge in [-0.15, -0.1) is 0 Å². The SMILES string of the molecule is CCNCc1c(S(=O)(=O)N(C)C(C)C(C)C)n[nH]c1C. The minimum Gasteiger partial charge on any atom is -0.313 e. The number of hydrogen-bond donors (Lipinski definition) is 2. The molecular formula is C13H26N4O2S. The smallest absolute Gasteiger partial charge is 0.262 e. The lowest BCUT2D eigenvalue weighted by Crippen LogP contribution is -2.38. The molecular weight excluding hydrogens is 276 g/mol. The third-order valence-electron chi connectivity index (χ3n) is 3.75. The van der Waals surface area contributed by atoms with Gasteiger partial charge < -0.3 is 5.32 Å². The molecule has 1 rings (SSSR count). The van der Waals surface area contributed by atoms with Gasteiger partial charge >= 0.3 is 0 Å². The molecule has 0 aliphatic rings. The molecule has 1 atom stereocenters. The van der Waals surface area contributed by atoms with Crippen molar-refractivity contribution in [3.63, 3.8) is 0 Å². The summed E-state index contributed by atoms with van der Waals surface area (Å²) in [7, 11) is -1.96. The minimum atomic E-state index is -3.57. The molecule has 0 saturated carbocycles. The number of rotatable bonds is 7. The molecule has 0 radical (unpaired) electrons. The molecule has 0 aliphatic carbocycles. The van der Waals surface area contributed by atoms with Gasteiger partial charge in [0.1, 0.15) is 0 Å². The first kappa shape index (κ1) is 17.1. The second-order valence-corrected chi connectivity index (χ2v) is 7.33. The number of hydrogen-bond acceptors (Lipinski definition) is 4. The Labute approximate surface area is 122 Å². The fourth-order valence-electron chi connectivity index (χ4n) is 1.88. The molecule has 0 fully saturated rings. The topological polar surface area (TPSA) is 78.1 Å². The Bertz CT molecular complexity index is 537. The van der Waals surface area contributed by atoms with Crippen LogP contribution in [-0.4, -0.2) is 42.6 Å². The lowest BCUT2D eigenvalue weighted by Gasteiger charge is -2.26. The molecule has 1 heterocycles. The van der Waals surface area contributed by atoms with Gasteiger partial charge in [0.2, 0.25) is 0 Å². The minimum absolute atomic E-state index is 0.0796. The lowest BCUT2D eigenvalue weighted by atomic mass is 10.1. The average Bonchev–Trinajstić information content (AvgIpc) is 2.76. The fourth-order valence-corrected chi connectivity index (χ4v) is 3.53. The van der Waals surface area contributed by atoms with Crippen LogP contribution in [0.5, 0.6) is 0 Å². The first-order valence-electron chi connectivity index (χ1n) is 6.96. The number of aryl methyl sites for hydroxylation is 1. The molecule has 1 aromatic rings. The maximum Gasteiger partial charge on any atom is 0.262 e. The molecule has 0 aliphatic heterocycles. The van der Waals surface area contributed by atoms with E-state index < -0.39 is 10.0 Å². The van der Waals surface area contributed by atoms with E-state index in [0.717, 1.165) is 17.8 Å². The van der Waals surface area contributed by atoms with E-state index in [1.165, 1.54) is 4.31 Å². The number of nitrogens with zero attached hydrogens (tertiary/aromatic N) is 2. The van der Waals surface area contributed by atoms with Crippen molar-refractivity contribution in [3.05, 3.63) is 11.3 Å². The largest absolute Gasteiger partial charge is 0.313 e. The van der Waals surface area contributed by atoms with E-state index in [0.29, 0.717) is 6.54 Å². The van der Waals surface area contributed by atoms with Gasteiger partial charge in [0, 0.05) is 30.9 Å². The van der Waals surface area contributed by atoms with Crippen molar-refractivity contribution in [2.45, 2.75) is 52.2 Å². The molecule has 2 N–H and O–H groups in total. The van der Waals surface area contributed by atoms with Crippen LogP contribution in [0.25, 0.3) is 0 Å². The van der Waals surface area contributed by atoms with Crippen LogP contribution in [-0.2, 0) is 16.6 Å². The van der Waals surface area contributed by atoms with Gasteiger partial charge in [-0.1, -0.05) is 20.8 Å². The molecule has 20 heavy (non-hydrogen) atoms. The standard InChI is InChI=1S/C13H26N4O2S/c1-7-14-8-12-10(4)15-16-13(12)20(18,19)17(6)11(5)9(2)3/h9,11,14H,7-8H2,1-6H3,(H,15,16). The van der Waals surface area contributed by atoms with Crippen LogP contribution in [0.2, 0.25) is 0 Å². The highest BCUT2D eigenvalue weighted by Crippen LogP contribution is 2.23. The van der Waals surface area contributed by atoms with Crippen molar-refractivity contribution in [2.75, 3.05) is 13.6 Å². The first-order chi connectivity index (χ1) is 9.23. The third kappa shape index (κ3) is 3.39. The molecule has 0 bridgehead atoms. The van der Waals surface area contributed by atoms with Crippen LogP contribution >= 0.6 is 0 Å². The van der Waals surface area contributed by atoms with Gasteiger partial charge in [0.15, 0.2) is 5.03 Å². The molecule has 7 heteroatoms. The Morgan fingerprint density at radius 2 is 1.95 bits per heavy atom. The molecule has 0 saturated heterocycles. The second-order valence-electron chi connectivity index (χ2n) is 5.42. The molecule has 1 unspecified atom stereocenters. The lowest BCUT2D eigenvalue weighted by molar-refractivity contribution is 0.314. The average molecular weight is 302 g/mol. The van der Waals surface area contributed by atoms with Crippen LogP contribution in [0.3, 0.4) is 0 Å². The molecule has 0 spiro atoms. The van der Waals surface area contributed by atoms with Gasteiger partial charge in [-0.05, 0) is 26.3 Å². The summed E-state index contributed by atoms with van der Waals surface area (Å²) in [5.41, 5.74) is 1.50. The third-order valence-corrected chi connectivity index (χ3v) is 5.67. The predicted octanol–water partition coefficient (Wildman–Crippen LogP) is 1.49. The van der Waals surface area contributed by atoms with Crippen LogP contribution < -0.4 is 5.32 Å². The summed E-state index contributed by atoms with van der Waals surface area (Å²) in [6.45, 7) is 11.0. The van der Waals surface area contributed by atoms with E-state index in [1.54, 1.807) is 7.05 Å². The highest BCUT2D eigenvalue weighted by atomic mass is 32.2. The molecule has 6 nitrogen and oxygen atoms in total. The van der Waals surface area contributed by atoms with Crippen molar-refractivity contribution >= 4 is 10.0 Å². The molecule has 0 aromatic carbocycles. The van der Waals surface area contributed by atoms with Crippen LogP contribution in [0.1, 0.15) is 39.0 Å². The summed E-state index contributed by atoms with van der Waals surface area (Å²) in [5.74, 6) is 0.243. The maximum atomic E-state index is 12.7. The monoisotopic (exact) mass is 302 g/mol. The number of sulfonamides is 1. The number of aromatic amines is 1. The zero-order valence-corrected chi connectivity index (χ0v) is 14.0. The van der Waals surface area contributed by atoms with Gasteiger partial charge in [-0.2, -0.15) is 9.40 Å². The van der Waals surface area contributed by atoms with Crippen molar-refractivity contribution in [1.29, 1.82) is 0 Å². The highest BCUT2D eigenvalue weighted by molar-refractivity contribution is 7.89. The van der Waals surface area contributed by atoms with Crippen LogP contribution in [0, 0.1) is 12.8 Å². The van der Waals surface area contributed by atoms with E-state index in [9.17, 15) is 8.42 Å². The summed E-state index contributed by atoms with van der Waals surface area (Å²) >= 11 is 0. The van der Waals surface area contributed by atoms with Gasteiger partial charge in [0.05, 0.1) is 0 Å². The zero-order valence-electron chi connectivity index (χ0n) is 13.2. The summed E-state index contributed by atoms with van der Waals surface area (Å²) in [6, 6.07) is -0.0796. The quantitative estimate of drug-likeness (QED) is 0.800. The number of aromatic nitrogens is 2. The molecule has 0 amide bonds. The van der Waals surface area contributed by atoms with E-state index in [1.807, 2.05) is 34.6 Å². The summed E-state index contributed by atoms with van der Waals surface area (Å²) in [4.78, 5) is 0. The highest BCUT2D eigenvalue weighted by Gasteiger charge is 2.31. The Balaban J connectivity index is 3.16. The summed E-state index contributed by atoms with van der Waals surface area (Å²) < 4.78 is 26.8. The Morgan fingerprint density at radius 3 is 2.45 bits per heavy atom. The van der Waals surface area contributed by atoms with Crippen LogP contribution in [0.15, 0.2) is 5.03 Å². The van der Waals surface area contributed by atoms with E-state index in [2.05, 4.69) is 15.5 Å². The van der Waals surface area contributed by atoms with Crippen molar-refractivity contribution in [1.82, 2.24) is 19.8 Å². The second kappa shape index (κ2) is 6.69. The van der Waals surface area contributed by atoms with Gasteiger partial charge in [-0.25, -0.2) is 8.42 Å². The zero-order chi connectivity index (χ0) is 15.5. The van der Waals surface area contributed by atoms with Gasteiger partial charge in [0.25, 0.3) is 10.0 Å². The van der Waals surface area contributed by atoms with Crippen molar-refractivity contribution < 1.29 is 8.42 Å². The number of H-pyrrole nitrogens is 1. The Hall–Kier alpha value is -0.920. The Morgan fingerprint density at radius 1 is 1.35 bits per heavy atom.